The highest BCUT2D eigenvalue weighted by atomic mass is 16.4. The Morgan fingerprint density at radius 3 is 2.86 bits per heavy atom. The highest BCUT2D eigenvalue weighted by Crippen LogP contribution is 2.33. The highest BCUT2D eigenvalue weighted by Gasteiger charge is 2.21. The van der Waals surface area contributed by atoms with Gasteiger partial charge in [0.05, 0.1) is 0 Å². The molecule has 5 nitrogen and oxygen atoms in total. The lowest BCUT2D eigenvalue weighted by molar-refractivity contribution is -0.138. The second-order valence-corrected chi connectivity index (χ2v) is 6.35. The number of fused-ring (bicyclic) bond motifs is 1. The Balaban J connectivity index is 1.87. The van der Waals surface area contributed by atoms with Crippen molar-refractivity contribution in [3.8, 4) is 0 Å². The zero-order valence-corrected chi connectivity index (χ0v) is 12.9. The number of nitrogens with zero attached hydrogens (tertiary/aromatic N) is 1. The maximum atomic E-state index is 10.9. The SMILES string of the molecule is CN1CCC(c2c[nH]c3ccc(C[C@H](N)C(=O)O)cc23)CC1. The molecule has 2 aromatic rings. The summed E-state index contributed by atoms with van der Waals surface area (Å²) in [6.45, 7) is 2.25. The van der Waals surface area contributed by atoms with Gasteiger partial charge in [0.15, 0.2) is 0 Å². The third kappa shape index (κ3) is 3.00. The van der Waals surface area contributed by atoms with E-state index >= 15 is 0 Å². The first-order valence-corrected chi connectivity index (χ1v) is 7.81. The Hall–Kier alpha value is -1.85. The molecule has 22 heavy (non-hydrogen) atoms. The van der Waals surface area contributed by atoms with Crippen LogP contribution in [0.2, 0.25) is 0 Å². The minimum atomic E-state index is -0.954. The fourth-order valence-electron chi connectivity index (χ4n) is 3.31. The summed E-state index contributed by atoms with van der Waals surface area (Å²) in [7, 11) is 2.16. The van der Waals surface area contributed by atoms with Gasteiger partial charge >= 0.3 is 5.97 Å². The summed E-state index contributed by atoms with van der Waals surface area (Å²) in [5.74, 6) is -0.377. The molecule has 1 saturated heterocycles. The summed E-state index contributed by atoms with van der Waals surface area (Å²) in [5.41, 5.74) is 9.10. The van der Waals surface area contributed by atoms with Crippen LogP contribution < -0.4 is 5.73 Å². The largest absolute Gasteiger partial charge is 0.480 e. The van der Waals surface area contributed by atoms with Crippen LogP contribution in [0, 0.1) is 0 Å². The third-order valence-electron chi connectivity index (χ3n) is 4.71. The van der Waals surface area contributed by atoms with Crippen molar-refractivity contribution in [2.75, 3.05) is 20.1 Å². The van der Waals surface area contributed by atoms with E-state index in [0.717, 1.165) is 24.2 Å². The monoisotopic (exact) mass is 301 g/mol. The number of aromatic amines is 1. The van der Waals surface area contributed by atoms with Crippen LogP contribution >= 0.6 is 0 Å². The van der Waals surface area contributed by atoms with Gasteiger partial charge in [-0.15, -0.1) is 0 Å². The van der Waals surface area contributed by atoms with Crippen molar-refractivity contribution in [2.24, 2.45) is 5.73 Å². The van der Waals surface area contributed by atoms with Gasteiger partial charge in [-0.1, -0.05) is 6.07 Å². The Morgan fingerprint density at radius 2 is 2.18 bits per heavy atom. The van der Waals surface area contributed by atoms with Crippen LogP contribution in [0.25, 0.3) is 10.9 Å². The summed E-state index contributed by atoms with van der Waals surface area (Å²) >= 11 is 0. The van der Waals surface area contributed by atoms with Gasteiger partial charge in [0.2, 0.25) is 0 Å². The molecule has 1 atom stereocenters. The molecule has 5 heteroatoms. The van der Waals surface area contributed by atoms with Crippen LogP contribution in [0.15, 0.2) is 24.4 Å². The molecule has 0 aliphatic carbocycles. The van der Waals surface area contributed by atoms with E-state index in [9.17, 15) is 4.79 Å². The molecule has 118 valence electrons. The lowest BCUT2D eigenvalue weighted by Gasteiger charge is -2.28. The predicted molar refractivity (Wildman–Crippen MR) is 87.1 cm³/mol. The van der Waals surface area contributed by atoms with Gasteiger partial charge in [-0.05, 0) is 68.6 Å². The van der Waals surface area contributed by atoms with E-state index in [4.69, 9.17) is 10.8 Å². The molecule has 4 N–H and O–H groups in total. The number of aliphatic carboxylic acids is 1. The minimum absolute atomic E-state index is 0.364. The second kappa shape index (κ2) is 6.10. The van der Waals surface area contributed by atoms with Crippen molar-refractivity contribution >= 4 is 16.9 Å². The zero-order valence-electron chi connectivity index (χ0n) is 12.9. The van der Waals surface area contributed by atoms with Crippen LogP contribution in [0.1, 0.15) is 29.9 Å². The number of benzene rings is 1. The highest BCUT2D eigenvalue weighted by molar-refractivity contribution is 5.84. The molecule has 1 aliphatic rings. The molecular formula is C17H23N3O2. The number of carboxylic acids is 1. The zero-order chi connectivity index (χ0) is 15.7. The molecule has 0 unspecified atom stereocenters. The molecule has 0 bridgehead atoms. The number of carbonyl (C=O) groups is 1. The molecule has 0 saturated carbocycles. The normalized spacial score (nSPS) is 18.6. The Kier molecular flexibility index (Phi) is 4.18. The number of H-pyrrole nitrogens is 1. The van der Waals surface area contributed by atoms with Crippen LogP contribution in [-0.2, 0) is 11.2 Å². The Labute approximate surface area is 130 Å². The molecule has 3 rings (SSSR count). The minimum Gasteiger partial charge on any atom is -0.480 e. The van der Waals surface area contributed by atoms with Crippen molar-refractivity contribution in [1.29, 1.82) is 0 Å². The molecule has 0 spiro atoms. The van der Waals surface area contributed by atoms with Crippen molar-refractivity contribution in [3.05, 3.63) is 35.5 Å². The van der Waals surface area contributed by atoms with E-state index in [0.29, 0.717) is 12.3 Å². The van der Waals surface area contributed by atoms with Gasteiger partial charge in [-0.2, -0.15) is 0 Å². The molecule has 0 radical (unpaired) electrons. The number of likely N-dealkylation sites (tertiary alicyclic amines) is 1. The topological polar surface area (TPSA) is 82.3 Å². The molecule has 1 aromatic heterocycles. The second-order valence-electron chi connectivity index (χ2n) is 6.35. The number of nitrogens with one attached hydrogen (secondary N) is 1. The first-order chi connectivity index (χ1) is 10.5. The van der Waals surface area contributed by atoms with E-state index in [1.807, 2.05) is 12.1 Å². The van der Waals surface area contributed by atoms with E-state index in [1.54, 1.807) is 0 Å². The summed E-state index contributed by atoms with van der Waals surface area (Å²) in [6.07, 6.45) is 4.81. The molecule has 1 aliphatic heterocycles. The number of carboxylic acid groups (broad SMARTS) is 1. The number of piperidine rings is 1. The summed E-state index contributed by atoms with van der Waals surface area (Å²) in [6, 6.07) is 5.24. The molecule has 2 heterocycles. The summed E-state index contributed by atoms with van der Waals surface area (Å²) < 4.78 is 0. The van der Waals surface area contributed by atoms with Crippen molar-refractivity contribution < 1.29 is 9.90 Å². The van der Waals surface area contributed by atoms with Crippen LogP contribution in [-0.4, -0.2) is 47.1 Å². The van der Waals surface area contributed by atoms with Crippen LogP contribution in [0.5, 0.6) is 0 Å². The standard InChI is InChI=1S/C17H23N3O2/c1-20-6-4-12(5-7-20)14-10-19-16-3-2-11(8-13(14)16)9-15(18)17(21)22/h2-3,8,10,12,15,19H,4-7,9,18H2,1H3,(H,21,22)/t15-/m0/s1. The third-order valence-corrected chi connectivity index (χ3v) is 4.71. The molecule has 1 aromatic carbocycles. The molecule has 1 fully saturated rings. The average molecular weight is 301 g/mol. The van der Waals surface area contributed by atoms with E-state index < -0.39 is 12.0 Å². The van der Waals surface area contributed by atoms with Gasteiger partial charge in [0.1, 0.15) is 6.04 Å². The Bertz CT molecular complexity index is 672. The maximum Gasteiger partial charge on any atom is 0.320 e. The number of aromatic nitrogens is 1. The summed E-state index contributed by atoms with van der Waals surface area (Å²) in [4.78, 5) is 16.6. The average Bonchev–Trinajstić information content (AvgIpc) is 2.91. The smallest absolute Gasteiger partial charge is 0.320 e. The van der Waals surface area contributed by atoms with E-state index in [-0.39, 0.29) is 0 Å². The van der Waals surface area contributed by atoms with Crippen molar-refractivity contribution in [3.63, 3.8) is 0 Å². The quantitative estimate of drug-likeness (QED) is 0.806. The fraction of sp³-hybridized carbons (Fsp3) is 0.471. The number of hydrogen-bond donors (Lipinski definition) is 3. The lowest BCUT2D eigenvalue weighted by atomic mass is 9.89. The number of hydrogen-bond acceptors (Lipinski definition) is 3. The fourth-order valence-corrected chi connectivity index (χ4v) is 3.31. The predicted octanol–water partition coefficient (Wildman–Crippen LogP) is 1.93. The van der Waals surface area contributed by atoms with E-state index in [2.05, 4.69) is 29.2 Å². The van der Waals surface area contributed by atoms with E-state index in [1.165, 1.54) is 23.8 Å². The van der Waals surface area contributed by atoms with Gasteiger partial charge in [-0.3, -0.25) is 4.79 Å². The first kappa shape index (κ1) is 15.1. The first-order valence-electron chi connectivity index (χ1n) is 7.81. The van der Waals surface area contributed by atoms with Crippen LogP contribution in [0.4, 0.5) is 0 Å². The van der Waals surface area contributed by atoms with Crippen LogP contribution in [0.3, 0.4) is 0 Å². The van der Waals surface area contributed by atoms with Crippen molar-refractivity contribution in [1.82, 2.24) is 9.88 Å². The van der Waals surface area contributed by atoms with Gasteiger partial charge < -0.3 is 20.7 Å². The molecular weight excluding hydrogens is 278 g/mol. The van der Waals surface area contributed by atoms with Crippen molar-refractivity contribution in [2.45, 2.75) is 31.2 Å². The van der Waals surface area contributed by atoms with Gasteiger partial charge in [0, 0.05) is 17.1 Å². The van der Waals surface area contributed by atoms with Gasteiger partial charge in [0.25, 0.3) is 0 Å². The number of rotatable bonds is 4. The van der Waals surface area contributed by atoms with Gasteiger partial charge in [-0.25, -0.2) is 0 Å². The lowest BCUT2D eigenvalue weighted by Crippen LogP contribution is -2.32. The maximum absolute atomic E-state index is 10.9. The summed E-state index contributed by atoms with van der Waals surface area (Å²) in [5, 5.41) is 10.2. The molecule has 0 amide bonds. The number of nitrogens with two attached hydrogens (primary N) is 1. The Morgan fingerprint density at radius 1 is 1.45 bits per heavy atom.